The van der Waals surface area contributed by atoms with Gasteiger partial charge in [0.2, 0.25) is 5.91 Å². The van der Waals surface area contributed by atoms with Gasteiger partial charge in [-0.3, -0.25) is 14.5 Å². The van der Waals surface area contributed by atoms with Crippen molar-refractivity contribution >= 4 is 17.5 Å². The minimum Gasteiger partial charge on any atom is -0.393 e. The van der Waals surface area contributed by atoms with Crippen LogP contribution < -0.4 is 4.90 Å². The van der Waals surface area contributed by atoms with E-state index in [1.165, 1.54) is 31.2 Å². The second kappa shape index (κ2) is 8.00. The maximum absolute atomic E-state index is 14.4. The third-order valence-corrected chi connectivity index (χ3v) is 5.19. The first-order valence-electron chi connectivity index (χ1n) is 9.10. The summed E-state index contributed by atoms with van der Waals surface area (Å²) in [5.74, 6) is -2.26. The molecular formula is C21H17F4N3O3. The molecule has 1 atom stereocenters. The monoisotopic (exact) mass is 435 g/mol. The van der Waals surface area contributed by atoms with Crippen molar-refractivity contribution in [3.05, 3.63) is 65.0 Å². The molecule has 6 nitrogen and oxygen atoms in total. The van der Waals surface area contributed by atoms with Gasteiger partial charge in [-0.2, -0.15) is 18.4 Å². The van der Waals surface area contributed by atoms with E-state index in [-0.39, 0.29) is 17.8 Å². The highest BCUT2D eigenvalue weighted by molar-refractivity contribution is 6.09. The molecule has 3 rings (SSSR count). The third-order valence-electron chi connectivity index (χ3n) is 5.19. The summed E-state index contributed by atoms with van der Waals surface area (Å²) >= 11 is 0. The van der Waals surface area contributed by atoms with Crippen LogP contribution in [0.2, 0.25) is 0 Å². The Balaban J connectivity index is 1.91. The van der Waals surface area contributed by atoms with Crippen LogP contribution >= 0.6 is 0 Å². The zero-order valence-electron chi connectivity index (χ0n) is 16.3. The number of aliphatic hydroxyl groups is 1. The zero-order valence-corrected chi connectivity index (χ0v) is 16.3. The Hall–Kier alpha value is -3.45. The number of nitriles is 1. The van der Waals surface area contributed by atoms with Crippen molar-refractivity contribution in [3.8, 4) is 6.07 Å². The summed E-state index contributed by atoms with van der Waals surface area (Å²) in [4.78, 5) is 27.9. The number of alkyl halides is 3. The topological polar surface area (TPSA) is 84.6 Å². The smallest absolute Gasteiger partial charge is 0.393 e. The van der Waals surface area contributed by atoms with Crippen LogP contribution in [0.3, 0.4) is 0 Å². The van der Waals surface area contributed by atoms with Gasteiger partial charge in [0.25, 0.3) is 5.91 Å². The first-order valence-corrected chi connectivity index (χ1v) is 9.10. The molecule has 162 valence electrons. The van der Waals surface area contributed by atoms with Crippen LogP contribution in [0.1, 0.15) is 23.6 Å². The molecule has 2 aromatic rings. The number of benzene rings is 2. The first-order chi connectivity index (χ1) is 14.5. The van der Waals surface area contributed by atoms with Gasteiger partial charge in [-0.1, -0.05) is 12.1 Å². The number of hydrogen-bond acceptors (Lipinski definition) is 4. The normalized spacial score (nSPS) is 19.5. The largest absolute Gasteiger partial charge is 0.416 e. The molecule has 1 N–H and O–H groups in total. The molecule has 1 aliphatic heterocycles. The average molecular weight is 435 g/mol. The van der Waals surface area contributed by atoms with E-state index in [0.29, 0.717) is 5.56 Å². The van der Waals surface area contributed by atoms with Gasteiger partial charge in [-0.05, 0) is 42.8 Å². The number of rotatable bonds is 4. The SMILES string of the molecule is CC1(CO)C(=O)N(c2ccc(C#N)cc2F)CC(=O)N1Cc1ccc(C(F)(F)F)cc1. The number of anilines is 1. The molecule has 0 aromatic heterocycles. The second-order valence-corrected chi connectivity index (χ2v) is 7.28. The molecule has 1 aliphatic rings. The predicted octanol–water partition coefficient (Wildman–Crippen LogP) is 2.84. The van der Waals surface area contributed by atoms with E-state index in [0.717, 1.165) is 28.0 Å². The van der Waals surface area contributed by atoms with E-state index in [2.05, 4.69) is 0 Å². The summed E-state index contributed by atoms with van der Waals surface area (Å²) in [6.07, 6.45) is -4.51. The summed E-state index contributed by atoms with van der Waals surface area (Å²) in [7, 11) is 0. The minimum absolute atomic E-state index is 0.0332. The highest BCUT2D eigenvalue weighted by Gasteiger charge is 2.49. The van der Waals surface area contributed by atoms with Crippen LogP contribution in [0.5, 0.6) is 0 Å². The van der Waals surface area contributed by atoms with Gasteiger partial charge < -0.3 is 10.0 Å². The Kier molecular flexibility index (Phi) is 5.74. The van der Waals surface area contributed by atoms with E-state index in [1.54, 1.807) is 6.07 Å². The molecule has 0 aliphatic carbocycles. The van der Waals surface area contributed by atoms with Gasteiger partial charge in [0, 0.05) is 6.54 Å². The summed E-state index contributed by atoms with van der Waals surface area (Å²) in [6.45, 7) is -0.237. The highest BCUT2D eigenvalue weighted by atomic mass is 19.4. The Labute approximate surface area is 174 Å². The van der Waals surface area contributed by atoms with Gasteiger partial charge in [0.05, 0.1) is 29.5 Å². The van der Waals surface area contributed by atoms with Gasteiger partial charge in [0.1, 0.15) is 17.9 Å². The molecule has 0 spiro atoms. The van der Waals surface area contributed by atoms with Gasteiger partial charge in [-0.15, -0.1) is 0 Å². The molecule has 1 saturated heterocycles. The number of aliphatic hydroxyl groups excluding tert-OH is 1. The summed E-state index contributed by atoms with van der Waals surface area (Å²) in [5.41, 5.74) is -2.48. The molecule has 0 bridgehead atoms. The lowest BCUT2D eigenvalue weighted by Crippen LogP contribution is -2.68. The summed E-state index contributed by atoms with van der Waals surface area (Å²) < 4.78 is 52.7. The average Bonchev–Trinajstić information content (AvgIpc) is 2.73. The number of piperazine rings is 1. The number of amides is 2. The summed E-state index contributed by atoms with van der Waals surface area (Å²) in [5, 5.41) is 18.8. The summed E-state index contributed by atoms with van der Waals surface area (Å²) in [6, 6.07) is 9.28. The van der Waals surface area contributed by atoms with E-state index in [1.807, 2.05) is 0 Å². The van der Waals surface area contributed by atoms with Crippen molar-refractivity contribution in [2.75, 3.05) is 18.1 Å². The Morgan fingerprint density at radius 1 is 1.16 bits per heavy atom. The fraction of sp³-hybridized carbons (Fsp3) is 0.286. The zero-order chi connectivity index (χ0) is 23.0. The molecule has 1 unspecified atom stereocenters. The molecule has 2 amide bonds. The minimum atomic E-state index is -4.51. The van der Waals surface area contributed by atoms with E-state index in [4.69, 9.17) is 5.26 Å². The Morgan fingerprint density at radius 2 is 1.81 bits per heavy atom. The number of carbonyl (C=O) groups is 2. The predicted molar refractivity (Wildman–Crippen MR) is 101 cm³/mol. The van der Waals surface area contributed by atoms with Crippen molar-refractivity contribution in [1.29, 1.82) is 5.26 Å². The van der Waals surface area contributed by atoms with Crippen molar-refractivity contribution in [2.45, 2.75) is 25.2 Å². The highest BCUT2D eigenvalue weighted by Crippen LogP contribution is 2.32. The van der Waals surface area contributed by atoms with E-state index in [9.17, 15) is 32.3 Å². The molecule has 10 heteroatoms. The van der Waals surface area contributed by atoms with Crippen molar-refractivity contribution < 1.29 is 32.3 Å². The fourth-order valence-corrected chi connectivity index (χ4v) is 3.36. The van der Waals surface area contributed by atoms with Gasteiger partial charge in [-0.25, -0.2) is 4.39 Å². The van der Waals surface area contributed by atoms with Crippen LogP contribution in [0.15, 0.2) is 42.5 Å². The number of nitrogens with zero attached hydrogens (tertiary/aromatic N) is 3. The second-order valence-electron chi connectivity index (χ2n) is 7.28. The van der Waals surface area contributed by atoms with Crippen molar-refractivity contribution in [2.24, 2.45) is 0 Å². The molecular weight excluding hydrogens is 418 g/mol. The molecule has 31 heavy (non-hydrogen) atoms. The fourth-order valence-electron chi connectivity index (χ4n) is 3.36. The molecule has 0 radical (unpaired) electrons. The molecule has 1 heterocycles. The standard InChI is InChI=1S/C21H17F4N3O3/c1-20(12-29)19(31)27(17-7-4-14(9-26)8-16(17)22)11-18(30)28(20)10-13-2-5-15(6-3-13)21(23,24)25/h2-8,29H,10-12H2,1H3. The lowest BCUT2D eigenvalue weighted by molar-refractivity contribution is -0.153. The molecule has 2 aromatic carbocycles. The van der Waals surface area contributed by atoms with E-state index < -0.39 is 48.1 Å². The maximum atomic E-state index is 14.4. The quantitative estimate of drug-likeness (QED) is 0.749. The third kappa shape index (κ3) is 4.09. The first kappa shape index (κ1) is 22.2. The van der Waals surface area contributed by atoms with Crippen LogP contribution in [-0.2, 0) is 22.3 Å². The van der Waals surface area contributed by atoms with Crippen LogP contribution in [0.25, 0.3) is 0 Å². The van der Waals surface area contributed by atoms with Crippen molar-refractivity contribution in [3.63, 3.8) is 0 Å². The van der Waals surface area contributed by atoms with Crippen molar-refractivity contribution in [1.82, 2.24) is 4.90 Å². The molecule has 0 saturated carbocycles. The number of hydrogen-bond donors (Lipinski definition) is 1. The maximum Gasteiger partial charge on any atom is 0.416 e. The Morgan fingerprint density at radius 3 is 2.32 bits per heavy atom. The van der Waals surface area contributed by atoms with Crippen LogP contribution in [0.4, 0.5) is 23.2 Å². The number of halogens is 4. The van der Waals surface area contributed by atoms with E-state index >= 15 is 0 Å². The molecule has 1 fully saturated rings. The number of carbonyl (C=O) groups excluding carboxylic acids is 2. The van der Waals surface area contributed by atoms with Gasteiger partial charge in [0.15, 0.2) is 0 Å². The Bertz CT molecular complexity index is 1060. The van der Waals surface area contributed by atoms with Crippen LogP contribution in [-0.4, -0.2) is 40.5 Å². The lowest BCUT2D eigenvalue weighted by Gasteiger charge is -2.46. The van der Waals surface area contributed by atoms with Crippen LogP contribution in [0, 0.1) is 17.1 Å². The lowest BCUT2D eigenvalue weighted by atomic mass is 9.93. The van der Waals surface area contributed by atoms with Gasteiger partial charge >= 0.3 is 6.18 Å².